The molecule has 0 saturated heterocycles. The van der Waals surface area contributed by atoms with Gasteiger partial charge in [0.05, 0.1) is 18.6 Å². The van der Waals surface area contributed by atoms with Crippen molar-refractivity contribution in [3.05, 3.63) is 0 Å². The molecule has 0 aliphatic carbocycles. The van der Waals surface area contributed by atoms with Crippen LogP contribution >= 0.6 is 11.8 Å². The predicted octanol–water partition coefficient (Wildman–Crippen LogP) is -2.52. The number of carbonyl (C=O) groups is 5. The highest BCUT2D eigenvalue weighted by atomic mass is 32.2. The first-order valence-corrected chi connectivity index (χ1v) is 10.1. The van der Waals surface area contributed by atoms with E-state index in [-0.39, 0.29) is 0 Å². The summed E-state index contributed by atoms with van der Waals surface area (Å²) in [5.74, 6) is -4.87. The number of nitrogens with two attached hydrogens (primary N) is 1. The number of amides is 3. The molecule has 3 amide bonds. The van der Waals surface area contributed by atoms with Gasteiger partial charge in [-0.25, -0.2) is 4.79 Å². The topological polar surface area (TPSA) is 208 Å². The van der Waals surface area contributed by atoms with Crippen LogP contribution in [0.4, 0.5) is 0 Å². The molecule has 29 heavy (non-hydrogen) atoms. The van der Waals surface area contributed by atoms with Gasteiger partial charge in [0.2, 0.25) is 17.7 Å². The Bertz CT molecular complexity index is 616. The Labute approximate surface area is 172 Å². The normalized spacial score (nSPS) is 15.9. The van der Waals surface area contributed by atoms with Gasteiger partial charge >= 0.3 is 11.9 Å². The predicted molar refractivity (Wildman–Crippen MR) is 104 cm³/mol. The number of nitrogens with one attached hydrogen (secondary N) is 3. The number of hydrogen-bond acceptors (Lipinski definition) is 8. The molecule has 0 aromatic rings. The molecule has 8 N–H and O–H groups in total. The fraction of sp³-hybridized carbons (Fsp3) is 0.688. The molecule has 0 aliphatic heterocycles. The summed E-state index contributed by atoms with van der Waals surface area (Å²) in [5.41, 5.74) is 5.70. The standard InChI is InChI=1S/C16H28N4O8S/c1-7(18-14(25)9(17)4-5-29-3)13(24)19-10(6-11(22)23)15(26)20-12(8(2)21)16(27)28/h7-10,12,21H,4-6,17H2,1-3H3,(H,18,25)(H,19,24)(H,20,26)(H,22,23)(H,27,28). The van der Waals surface area contributed by atoms with Crippen LogP contribution in [0.1, 0.15) is 26.7 Å². The van der Waals surface area contributed by atoms with E-state index in [1.54, 1.807) is 0 Å². The summed E-state index contributed by atoms with van der Waals surface area (Å²) in [6, 6.07) is -5.27. The van der Waals surface area contributed by atoms with Crippen molar-refractivity contribution in [2.75, 3.05) is 12.0 Å². The molecular formula is C16H28N4O8S. The van der Waals surface area contributed by atoms with Gasteiger partial charge in [-0.05, 0) is 32.3 Å². The second-order valence-electron chi connectivity index (χ2n) is 6.34. The van der Waals surface area contributed by atoms with Crippen LogP contribution in [0.3, 0.4) is 0 Å². The monoisotopic (exact) mass is 436 g/mol. The van der Waals surface area contributed by atoms with Crippen LogP contribution in [0, 0.1) is 0 Å². The molecule has 0 fully saturated rings. The number of aliphatic hydroxyl groups excluding tert-OH is 1. The second-order valence-corrected chi connectivity index (χ2v) is 7.33. The Morgan fingerprint density at radius 2 is 1.55 bits per heavy atom. The van der Waals surface area contributed by atoms with E-state index < -0.39 is 66.4 Å². The highest BCUT2D eigenvalue weighted by Crippen LogP contribution is 2.01. The lowest BCUT2D eigenvalue weighted by Gasteiger charge is -2.23. The van der Waals surface area contributed by atoms with Crippen molar-refractivity contribution >= 4 is 41.4 Å². The molecule has 0 saturated carbocycles. The van der Waals surface area contributed by atoms with Gasteiger partial charge in [0.1, 0.15) is 12.1 Å². The third kappa shape index (κ3) is 10.1. The maximum Gasteiger partial charge on any atom is 0.328 e. The van der Waals surface area contributed by atoms with Crippen LogP contribution in [0.15, 0.2) is 0 Å². The van der Waals surface area contributed by atoms with Crippen molar-refractivity contribution in [2.24, 2.45) is 5.73 Å². The van der Waals surface area contributed by atoms with Gasteiger partial charge in [-0.1, -0.05) is 0 Å². The van der Waals surface area contributed by atoms with Crippen LogP contribution < -0.4 is 21.7 Å². The van der Waals surface area contributed by atoms with Crippen LogP contribution in [0.25, 0.3) is 0 Å². The molecule has 12 nitrogen and oxygen atoms in total. The lowest BCUT2D eigenvalue weighted by Crippen LogP contribution is -2.58. The quantitative estimate of drug-likeness (QED) is 0.161. The highest BCUT2D eigenvalue weighted by Gasteiger charge is 2.32. The molecule has 0 bridgehead atoms. The van der Waals surface area contributed by atoms with Gasteiger partial charge in [0.25, 0.3) is 0 Å². The molecule has 13 heteroatoms. The maximum atomic E-state index is 12.3. The first-order valence-electron chi connectivity index (χ1n) is 8.69. The highest BCUT2D eigenvalue weighted by molar-refractivity contribution is 7.98. The Kier molecular flexibility index (Phi) is 11.9. The molecule has 0 radical (unpaired) electrons. The van der Waals surface area contributed by atoms with Gasteiger partial charge < -0.3 is 37.0 Å². The van der Waals surface area contributed by atoms with Gasteiger partial charge in [-0.15, -0.1) is 0 Å². The van der Waals surface area contributed by atoms with E-state index in [1.807, 2.05) is 11.6 Å². The molecule has 166 valence electrons. The lowest BCUT2D eigenvalue weighted by molar-refractivity contribution is -0.146. The first kappa shape index (κ1) is 26.6. The van der Waals surface area contributed by atoms with Crippen molar-refractivity contribution in [2.45, 2.75) is 57.0 Å². The van der Waals surface area contributed by atoms with E-state index >= 15 is 0 Å². The van der Waals surface area contributed by atoms with Gasteiger partial charge in [0.15, 0.2) is 6.04 Å². The molecule has 5 unspecified atom stereocenters. The summed E-state index contributed by atoms with van der Waals surface area (Å²) in [7, 11) is 0. The third-order valence-electron chi connectivity index (χ3n) is 3.78. The molecule has 0 rings (SSSR count). The van der Waals surface area contributed by atoms with Gasteiger partial charge in [-0.3, -0.25) is 19.2 Å². The molecule has 0 aliphatic rings. The maximum absolute atomic E-state index is 12.3. The number of thioether (sulfide) groups is 1. The van der Waals surface area contributed by atoms with Crippen molar-refractivity contribution in [3.63, 3.8) is 0 Å². The minimum Gasteiger partial charge on any atom is -0.481 e. The summed E-state index contributed by atoms with van der Waals surface area (Å²) in [6.07, 6.45) is -0.0571. The number of carboxylic acids is 2. The minimum atomic E-state index is -1.69. The van der Waals surface area contributed by atoms with E-state index in [1.165, 1.54) is 18.7 Å². The molecule has 5 atom stereocenters. The second kappa shape index (κ2) is 13.0. The largest absolute Gasteiger partial charge is 0.481 e. The van der Waals surface area contributed by atoms with Crippen molar-refractivity contribution in [1.29, 1.82) is 0 Å². The molecule has 0 spiro atoms. The Morgan fingerprint density at radius 3 is 2.00 bits per heavy atom. The number of aliphatic carboxylic acids is 2. The fourth-order valence-corrected chi connectivity index (χ4v) is 2.57. The molecule has 0 aromatic heterocycles. The lowest BCUT2D eigenvalue weighted by atomic mass is 10.1. The fourth-order valence-electron chi connectivity index (χ4n) is 2.09. The van der Waals surface area contributed by atoms with Gasteiger partial charge in [0, 0.05) is 0 Å². The van der Waals surface area contributed by atoms with Crippen LogP contribution in [0.5, 0.6) is 0 Å². The average molecular weight is 436 g/mol. The zero-order valence-corrected chi connectivity index (χ0v) is 17.2. The summed E-state index contributed by atoms with van der Waals surface area (Å²) >= 11 is 1.50. The van der Waals surface area contributed by atoms with Crippen LogP contribution in [0.2, 0.25) is 0 Å². The zero-order valence-electron chi connectivity index (χ0n) is 16.4. The van der Waals surface area contributed by atoms with Gasteiger partial charge in [-0.2, -0.15) is 11.8 Å². The SMILES string of the molecule is CSCCC(N)C(=O)NC(C)C(=O)NC(CC(=O)O)C(=O)NC(C(=O)O)C(C)O. The van der Waals surface area contributed by atoms with E-state index in [4.69, 9.17) is 15.9 Å². The summed E-state index contributed by atoms with van der Waals surface area (Å²) in [4.78, 5) is 58.5. The van der Waals surface area contributed by atoms with E-state index in [2.05, 4.69) is 10.6 Å². The molecular weight excluding hydrogens is 408 g/mol. The average Bonchev–Trinajstić information content (AvgIpc) is 2.61. The minimum absolute atomic E-state index is 0.390. The number of rotatable bonds is 13. The summed E-state index contributed by atoms with van der Waals surface area (Å²) in [5, 5.41) is 33.9. The smallest absolute Gasteiger partial charge is 0.328 e. The third-order valence-corrected chi connectivity index (χ3v) is 4.42. The molecule has 0 aromatic carbocycles. The summed E-state index contributed by atoms with van der Waals surface area (Å²) < 4.78 is 0. The zero-order chi connectivity index (χ0) is 22.7. The Balaban J connectivity index is 5.05. The first-order chi connectivity index (χ1) is 13.4. The number of carbonyl (C=O) groups excluding carboxylic acids is 3. The van der Waals surface area contributed by atoms with Crippen molar-refractivity contribution in [1.82, 2.24) is 16.0 Å². The van der Waals surface area contributed by atoms with Crippen molar-refractivity contribution < 1.29 is 39.3 Å². The Hall–Kier alpha value is -2.38. The number of hydrogen-bond donors (Lipinski definition) is 7. The number of carboxylic acid groups (broad SMARTS) is 2. The summed E-state index contributed by atoms with van der Waals surface area (Å²) in [6.45, 7) is 2.45. The van der Waals surface area contributed by atoms with Crippen LogP contribution in [-0.4, -0.2) is 87.3 Å². The number of aliphatic hydroxyl groups is 1. The van der Waals surface area contributed by atoms with E-state index in [0.717, 1.165) is 6.92 Å². The van der Waals surface area contributed by atoms with Crippen molar-refractivity contribution in [3.8, 4) is 0 Å². The van der Waals surface area contributed by atoms with Crippen LogP contribution in [-0.2, 0) is 24.0 Å². The Morgan fingerprint density at radius 1 is 0.966 bits per heavy atom. The van der Waals surface area contributed by atoms with E-state index in [0.29, 0.717) is 12.2 Å². The molecule has 0 heterocycles. The van der Waals surface area contributed by atoms with E-state index in [9.17, 15) is 29.1 Å².